The molecule has 12 heteroatoms. The number of rotatable bonds is 4. The largest absolute Gasteiger partial charge is 0.507 e. The number of fused-ring (bicyclic) bond motifs is 1. The smallest absolute Gasteiger partial charge is 0.335 e. The molecular formula is C21H18O12. The van der Waals surface area contributed by atoms with E-state index in [0.717, 1.165) is 12.1 Å². The Morgan fingerprint density at radius 1 is 0.939 bits per heavy atom. The molecule has 1 aliphatic rings. The van der Waals surface area contributed by atoms with Crippen molar-refractivity contribution in [3.63, 3.8) is 0 Å². The summed E-state index contributed by atoms with van der Waals surface area (Å²) in [6, 6.07) is 7.70. The first-order valence-electron chi connectivity index (χ1n) is 9.50. The van der Waals surface area contributed by atoms with E-state index in [9.17, 15) is 40.2 Å². The molecule has 33 heavy (non-hydrogen) atoms. The van der Waals surface area contributed by atoms with Gasteiger partial charge in [-0.15, -0.1) is 0 Å². The van der Waals surface area contributed by atoms with Gasteiger partial charge in [-0.3, -0.25) is 4.79 Å². The minimum absolute atomic E-state index is 0.120. The second-order valence-corrected chi connectivity index (χ2v) is 7.29. The van der Waals surface area contributed by atoms with Gasteiger partial charge in [0.2, 0.25) is 12.0 Å². The lowest BCUT2D eigenvalue weighted by molar-refractivity contribution is -0.271. The summed E-state index contributed by atoms with van der Waals surface area (Å²) in [4.78, 5) is 23.8. The molecule has 12 nitrogen and oxygen atoms in total. The minimum atomic E-state index is -1.97. The SMILES string of the molecule is O=C(O)C1O[C@@H](Oc2cc(O)c3c(=O)cc(-c4ccccc4O)oc3c2O)C(O)[C@@H](O)[C@@H]1O. The number of carboxylic acids is 1. The molecule has 0 spiro atoms. The highest BCUT2D eigenvalue weighted by Crippen LogP contribution is 2.42. The topological polar surface area (TPSA) is 207 Å². The zero-order valence-corrected chi connectivity index (χ0v) is 16.5. The third-order valence-electron chi connectivity index (χ3n) is 5.15. The van der Waals surface area contributed by atoms with E-state index in [2.05, 4.69) is 0 Å². The molecule has 1 fully saturated rings. The van der Waals surface area contributed by atoms with Crippen molar-refractivity contribution >= 4 is 16.9 Å². The Hall–Kier alpha value is -3.84. The zero-order chi connectivity index (χ0) is 24.0. The molecule has 7 N–H and O–H groups in total. The van der Waals surface area contributed by atoms with Crippen molar-refractivity contribution in [2.75, 3.05) is 0 Å². The molecular weight excluding hydrogens is 444 g/mol. The predicted molar refractivity (Wildman–Crippen MR) is 108 cm³/mol. The summed E-state index contributed by atoms with van der Waals surface area (Å²) < 4.78 is 15.8. The van der Waals surface area contributed by atoms with E-state index in [1.807, 2.05) is 0 Å². The third kappa shape index (κ3) is 3.81. The summed E-state index contributed by atoms with van der Waals surface area (Å²) in [6.45, 7) is 0. The molecule has 0 aliphatic carbocycles. The van der Waals surface area contributed by atoms with E-state index in [4.69, 9.17) is 19.0 Å². The average Bonchev–Trinajstić information content (AvgIpc) is 2.77. The number of ether oxygens (including phenoxy) is 2. The van der Waals surface area contributed by atoms with Gasteiger partial charge in [0, 0.05) is 12.1 Å². The van der Waals surface area contributed by atoms with Crippen molar-refractivity contribution < 1.29 is 54.4 Å². The number of phenolic OH excluding ortho intramolecular Hbond substituents is 3. The predicted octanol–water partition coefficient (Wildman–Crippen LogP) is -0.152. The lowest BCUT2D eigenvalue weighted by Crippen LogP contribution is -2.61. The summed E-state index contributed by atoms with van der Waals surface area (Å²) in [6.07, 6.45) is -9.72. The van der Waals surface area contributed by atoms with Gasteiger partial charge in [0.1, 0.15) is 41.0 Å². The summed E-state index contributed by atoms with van der Waals surface area (Å²) in [5, 5.41) is 69.5. The van der Waals surface area contributed by atoms with Crippen LogP contribution in [0.4, 0.5) is 0 Å². The second kappa shape index (κ2) is 8.26. The monoisotopic (exact) mass is 462 g/mol. The molecule has 2 unspecified atom stereocenters. The number of para-hydroxylation sites is 1. The zero-order valence-electron chi connectivity index (χ0n) is 16.5. The maximum absolute atomic E-state index is 12.6. The molecule has 2 heterocycles. The van der Waals surface area contributed by atoms with Crippen molar-refractivity contribution in [3.05, 3.63) is 46.6 Å². The first kappa shape index (κ1) is 22.4. The van der Waals surface area contributed by atoms with Gasteiger partial charge in [-0.2, -0.15) is 0 Å². The molecule has 5 atom stereocenters. The Morgan fingerprint density at radius 2 is 1.64 bits per heavy atom. The number of benzene rings is 2. The molecule has 1 aromatic heterocycles. The Bertz CT molecular complexity index is 1280. The Morgan fingerprint density at radius 3 is 2.30 bits per heavy atom. The molecule has 1 saturated heterocycles. The van der Waals surface area contributed by atoms with E-state index in [1.165, 1.54) is 12.1 Å². The van der Waals surface area contributed by atoms with E-state index in [-0.39, 0.29) is 17.1 Å². The molecule has 174 valence electrons. The quantitative estimate of drug-likeness (QED) is 0.253. The standard InChI is InChI=1S/C21H18O12/c22-8-4-2-1-3-7(8)11-5-9(23)13-10(24)6-12(14(25)18(13)31-11)32-21-17(28)15(26)16(27)19(33-21)20(29)30/h1-6,15-17,19,21-22,24-28H,(H,29,30)/t15-,16-,17?,19?,21+/m0/s1. The number of phenols is 3. The van der Waals surface area contributed by atoms with Crippen LogP contribution in [0.5, 0.6) is 23.0 Å². The highest BCUT2D eigenvalue weighted by atomic mass is 16.7. The summed E-state index contributed by atoms with van der Waals surface area (Å²) in [5.74, 6) is -4.10. The summed E-state index contributed by atoms with van der Waals surface area (Å²) >= 11 is 0. The van der Waals surface area contributed by atoms with Crippen LogP contribution in [0.25, 0.3) is 22.3 Å². The van der Waals surface area contributed by atoms with Gasteiger partial charge in [0.25, 0.3) is 0 Å². The van der Waals surface area contributed by atoms with Crippen molar-refractivity contribution in [1.82, 2.24) is 0 Å². The maximum Gasteiger partial charge on any atom is 0.335 e. The summed E-state index contributed by atoms with van der Waals surface area (Å²) in [5.41, 5.74) is -1.17. The normalized spacial score (nSPS) is 25.1. The van der Waals surface area contributed by atoms with Gasteiger partial charge in [-0.25, -0.2) is 4.79 Å². The fourth-order valence-electron chi connectivity index (χ4n) is 3.46. The van der Waals surface area contributed by atoms with Crippen molar-refractivity contribution in [3.8, 4) is 34.3 Å². The van der Waals surface area contributed by atoms with Gasteiger partial charge >= 0.3 is 5.97 Å². The van der Waals surface area contributed by atoms with Gasteiger partial charge in [0.05, 0.1) is 5.56 Å². The van der Waals surface area contributed by atoms with E-state index >= 15 is 0 Å². The van der Waals surface area contributed by atoms with Crippen LogP contribution < -0.4 is 10.2 Å². The van der Waals surface area contributed by atoms with E-state index < -0.39 is 70.3 Å². The second-order valence-electron chi connectivity index (χ2n) is 7.29. The minimum Gasteiger partial charge on any atom is -0.507 e. The van der Waals surface area contributed by atoms with Crippen LogP contribution in [0, 0.1) is 0 Å². The molecule has 3 aromatic rings. The van der Waals surface area contributed by atoms with Crippen molar-refractivity contribution in [1.29, 1.82) is 0 Å². The molecule has 0 amide bonds. The number of hydrogen-bond acceptors (Lipinski definition) is 11. The summed E-state index contributed by atoms with van der Waals surface area (Å²) in [7, 11) is 0. The number of aliphatic hydroxyl groups excluding tert-OH is 3. The van der Waals surface area contributed by atoms with Crippen LogP contribution >= 0.6 is 0 Å². The fraction of sp³-hybridized carbons (Fsp3) is 0.238. The van der Waals surface area contributed by atoms with Gasteiger partial charge in [-0.05, 0) is 12.1 Å². The Kier molecular flexibility index (Phi) is 5.59. The molecule has 1 aliphatic heterocycles. The number of aliphatic hydroxyl groups is 3. The molecule has 0 radical (unpaired) electrons. The molecule has 0 saturated carbocycles. The fourth-order valence-corrected chi connectivity index (χ4v) is 3.46. The number of aromatic hydroxyl groups is 3. The lowest BCUT2D eigenvalue weighted by Gasteiger charge is -2.38. The van der Waals surface area contributed by atoms with Crippen LogP contribution in [0.3, 0.4) is 0 Å². The first-order valence-corrected chi connectivity index (χ1v) is 9.50. The van der Waals surface area contributed by atoms with Gasteiger partial charge in [-0.1, -0.05) is 12.1 Å². The third-order valence-corrected chi connectivity index (χ3v) is 5.15. The number of aliphatic carboxylic acids is 1. The van der Waals surface area contributed by atoms with Crippen LogP contribution in [-0.2, 0) is 9.53 Å². The highest BCUT2D eigenvalue weighted by molar-refractivity contribution is 5.91. The van der Waals surface area contributed by atoms with Crippen molar-refractivity contribution in [2.45, 2.75) is 30.7 Å². The molecule has 0 bridgehead atoms. The van der Waals surface area contributed by atoms with Crippen LogP contribution in [0.2, 0.25) is 0 Å². The van der Waals surface area contributed by atoms with Crippen LogP contribution in [0.15, 0.2) is 45.6 Å². The Balaban J connectivity index is 1.79. The maximum atomic E-state index is 12.6. The van der Waals surface area contributed by atoms with E-state index in [0.29, 0.717) is 0 Å². The highest BCUT2D eigenvalue weighted by Gasteiger charge is 2.48. The van der Waals surface area contributed by atoms with Crippen LogP contribution in [-0.4, -0.2) is 72.4 Å². The molecule has 2 aromatic carbocycles. The first-order chi connectivity index (χ1) is 15.6. The van der Waals surface area contributed by atoms with Gasteiger partial charge in [0.15, 0.2) is 22.9 Å². The Labute approximate surface area is 183 Å². The molecule has 4 rings (SSSR count). The lowest BCUT2D eigenvalue weighted by atomic mass is 9.99. The van der Waals surface area contributed by atoms with E-state index in [1.54, 1.807) is 12.1 Å². The van der Waals surface area contributed by atoms with Crippen LogP contribution in [0.1, 0.15) is 0 Å². The number of carbonyl (C=O) groups is 1. The number of hydrogen-bond donors (Lipinski definition) is 7. The number of carboxylic acid groups (broad SMARTS) is 1. The average molecular weight is 462 g/mol. The van der Waals surface area contributed by atoms with Gasteiger partial charge < -0.3 is 49.6 Å². The van der Waals surface area contributed by atoms with Crippen molar-refractivity contribution in [2.24, 2.45) is 0 Å².